The number of aryl methyl sites for hydroxylation is 1. The second kappa shape index (κ2) is 5.76. The number of alkyl halides is 3. The molecule has 3 rings (SSSR count). The number of hydrogen-bond donors (Lipinski definition) is 1. The molecule has 1 aromatic heterocycles. The number of anilines is 1. The number of amides is 1. The summed E-state index contributed by atoms with van der Waals surface area (Å²) in [6.07, 6.45) is -3.10. The maximum atomic E-state index is 13.1. The van der Waals surface area contributed by atoms with Crippen LogP contribution >= 0.6 is 11.6 Å². The lowest BCUT2D eigenvalue weighted by Crippen LogP contribution is -2.19. The van der Waals surface area contributed by atoms with Gasteiger partial charge in [-0.1, -0.05) is 37.6 Å². The van der Waals surface area contributed by atoms with Gasteiger partial charge < -0.3 is 5.32 Å². The van der Waals surface area contributed by atoms with Crippen molar-refractivity contribution in [1.82, 2.24) is 9.78 Å². The fourth-order valence-electron chi connectivity index (χ4n) is 3.27. The molecule has 0 aliphatic heterocycles. The van der Waals surface area contributed by atoms with E-state index in [9.17, 15) is 18.0 Å². The van der Waals surface area contributed by atoms with E-state index in [0.29, 0.717) is 5.69 Å². The molecule has 2 aromatic rings. The van der Waals surface area contributed by atoms with Crippen LogP contribution in [0.1, 0.15) is 47.4 Å². The third-order valence-electron chi connectivity index (χ3n) is 4.63. The summed E-state index contributed by atoms with van der Waals surface area (Å²) < 4.78 is 40.3. The first kappa shape index (κ1) is 17.8. The van der Waals surface area contributed by atoms with E-state index in [1.165, 1.54) is 7.05 Å². The Labute approximate surface area is 148 Å². The van der Waals surface area contributed by atoms with Gasteiger partial charge in [0.1, 0.15) is 10.7 Å². The lowest BCUT2D eigenvalue weighted by molar-refractivity contribution is -0.141. The molecule has 8 heteroatoms. The van der Waals surface area contributed by atoms with Crippen LogP contribution in [0.2, 0.25) is 5.15 Å². The molecule has 0 unspecified atom stereocenters. The summed E-state index contributed by atoms with van der Waals surface area (Å²) in [6.45, 7) is 4.20. The summed E-state index contributed by atoms with van der Waals surface area (Å²) in [4.78, 5) is 12.5. The van der Waals surface area contributed by atoms with Crippen LogP contribution in [0.15, 0.2) is 18.2 Å². The standard InChI is InChI=1S/C17H17ClF3N3O/c1-16(2)8-7-9-10(16)5-4-6-11(9)22-15(25)12-13(17(19,20)21)23-24(3)14(12)18/h4-6H,7-8H2,1-3H3,(H,22,25). The van der Waals surface area contributed by atoms with Gasteiger partial charge in [-0.15, -0.1) is 0 Å². The Bertz CT molecular complexity index is 856. The second-order valence-corrected chi connectivity index (χ2v) is 7.16. The molecule has 1 aromatic carbocycles. The van der Waals surface area contributed by atoms with Crippen LogP contribution in [-0.4, -0.2) is 15.7 Å². The number of fused-ring (bicyclic) bond motifs is 1. The predicted molar refractivity (Wildman–Crippen MR) is 89.0 cm³/mol. The molecule has 0 saturated carbocycles. The maximum Gasteiger partial charge on any atom is 0.436 e. The van der Waals surface area contributed by atoms with Crippen molar-refractivity contribution in [3.8, 4) is 0 Å². The normalized spacial score (nSPS) is 16.0. The summed E-state index contributed by atoms with van der Waals surface area (Å²) in [7, 11) is 1.26. The summed E-state index contributed by atoms with van der Waals surface area (Å²) >= 11 is 5.88. The molecular weight excluding hydrogens is 355 g/mol. The monoisotopic (exact) mass is 371 g/mol. The van der Waals surface area contributed by atoms with Gasteiger partial charge in [-0.25, -0.2) is 0 Å². The first-order valence-corrected chi connectivity index (χ1v) is 8.13. The van der Waals surface area contributed by atoms with Gasteiger partial charge in [0.05, 0.1) is 0 Å². The molecule has 1 aliphatic carbocycles. The zero-order valence-electron chi connectivity index (χ0n) is 14.0. The van der Waals surface area contributed by atoms with Gasteiger partial charge in [-0.05, 0) is 35.4 Å². The SMILES string of the molecule is Cn1nc(C(F)(F)F)c(C(=O)Nc2cccc3c2CCC3(C)C)c1Cl. The van der Waals surface area contributed by atoms with Crippen molar-refractivity contribution in [2.75, 3.05) is 5.32 Å². The Balaban J connectivity index is 2.00. The van der Waals surface area contributed by atoms with Gasteiger partial charge in [0.15, 0.2) is 5.69 Å². The molecular formula is C17H17ClF3N3O. The smallest absolute Gasteiger partial charge is 0.322 e. The van der Waals surface area contributed by atoms with Crippen molar-refractivity contribution in [3.63, 3.8) is 0 Å². The molecule has 0 saturated heterocycles. The average Bonchev–Trinajstić information content (AvgIpc) is 2.98. The van der Waals surface area contributed by atoms with Crippen LogP contribution in [-0.2, 0) is 25.1 Å². The van der Waals surface area contributed by atoms with Crippen LogP contribution in [0.4, 0.5) is 18.9 Å². The predicted octanol–water partition coefficient (Wildman–Crippen LogP) is 4.57. The highest BCUT2D eigenvalue weighted by molar-refractivity contribution is 6.33. The lowest BCUT2D eigenvalue weighted by atomic mass is 9.86. The molecule has 1 heterocycles. The van der Waals surface area contributed by atoms with Crippen LogP contribution < -0.4 is 5.32 Å². The zero-order chi connectivity index (χ0) is 18.6. The fraction of sp³-hybridized carbons (Fsp3) is 0.412. The molecule has 0 bridgehead atoms. The van der Waals surface area contributed by atoms with E-state index in [-0.39, 0.29) is 10.6 Å². The highest BCUT2D eigenvalue weighted by Crippen LogP contribution is 2.42. The number of carbonyl (C=O) groups is 1. The number of halogens is 4. The van der Waals surface area contributed by atoms with E-state index in [1.807, 2.05) is 6.07 Å². The molecule has 0 atom stereocenters. The first-order chi connectivity index (χ1) is 11.5. The Morgan fingerprint density at radius 1 is 1.36 bits per heavy atom. The van der Waals surface area contributed by atoms with Crippen LogP contribution in [0.25, 0.3) is 0 Å². The number of carbonyl (C=O) groups excluding carboxylic acids is 1. The average molecular weight is 372 g/mol. The van der Waals surface area contributed by atoms with Crippen molar-refractivity contribution in [1.29, 1.82) is 0 Å². The van der Waals surface area contributed by atoms with E-state index in [1.54, 1.807) is 12.1 Å². The number of rotatable bonds is 2. The minimum atomic E-state index is -4.77. The minimum absolute atomic E-state index is 0.0286. The van der Waals surface area contributed by atoms with Crippen molar-refractivity contribution < 1.29 is 18.0 Å². The molecule has 1 amide bonds. The van der Waals surface area contributed by atoms with Gasteiger partial charge in [-0.3, -0.25) is 9.48 Å². The van der Waals surface area contributed by atoms with E-state index < -0.39 is 23.3 Å². The third kappa shape index (κ3) is 3.01. The zero-order valence-corrected chi connectivity index (χ0v) is 14.7. The van der Waals surface area contributed by atoms with Crippen molar-refractivity contribution in [3.05, 3.63) is 45.7 Å². The maximum absolute atomic E-state index is 13.1. The number of nitrogens with zero attached hydrogens (tertiary/aromatic N) is 2. The van der Waals surface area contributed by atoms with Crippen LogP contribution in [0, 0.1) is 0 Å². The minimum Gasteiger partial charge on any atom is -0.322 e. The van der Waals surface area contributed by atoms with E-state index in [0.717, 1.165) is 28.7 Å². The number of benzene rings is 1. The third-order valence-corrected chi connectivity index (χ3v) is 5.06. The molecule has 0 spiro atoms. The van der Waals surface area contributed by atoms with E-state index >= 15 is 0 Å². The summed E-state index contributed by atoms with van der Waals surface area (Å²) in [5.41, 5.74) is 0.588. The highest BCUT2D eigenvalue weighted by atomic mass is 35.5. The molecule has 0 radical (unpaired) electrons. The molecule has 134 valence electrons. The summed E-state index contributed by atoms with van der Waals surface area (Å²) in [5, 5.41) is 5.58. The Morgan fingerprint density at radius 2 is 2.04 bits per heavy atom. The Hall–Kier alpha value is -2.02. The van der Waals surface area contributed by atoms with Gasteiger partial charge in [0, 0.05) is 12.7 Å². The van der Waals surface area contributed by atoms with Crippen LogP contribution in [0.5, 0.6) is 0 Å². The summed E-state index contributed by atoms with van der Waals surface area (Å²) in [5.74, 6) is -0.913. The van der Waals surface area contributed by atoms with E-state index in [2.05, 4.69) is 24.3 Å². The molecule has 1 aliphatic rings. The van der Waals surface area contributed by atoms with Gasteiger partial charge in [-0.2, -0.15) is 18.3 Å². The van der Waals surface area contributed by atoms with E-state index in [4.69, 9.17) is 11.6 Å². The second-order valence-electron chi connectivity index (χ2n) is 6.81. The Morgan fingerprint density at radius 3 is 2.68 bits per heavy atom. The van der Waals surface area contributed by atoms with Crippen LogP contribution in [0.3, 0.4) is 0 Å². The van der Waals surface area contributed by atoms with Crippen molar-refractivity contribution in [2.24, 2.45) is 7.05 Å². The largest absolute Gasteiger partial charge is 0.436 e. The van der Waals surface area contributed by atoms with Crippen molar-refractivity contribution >= 4 is 23.2 Å². The molecule has 1 N–H and O–H groups in total. The fourth-order valence-corrected chi connectivity index (χ4v) is 3.48. The number of nitrogens with one attached hydrogen (secondary N) is 1. The number of hydrogen-bond acceptors (Lipinski definition) is 2. The lowest BCUT2D eigenvalue weighted by Gasteiger charge is -2.19. The van der Waals surface area contributed by atoms with Gasteiger partial charge in [0.2, 0.25) is 0 Å². The first-order valence-electron chi connectivity index (χ1n) is 7.76. The van der Waals surface area contributed by atoms with Crippen molar-refractivity contribution in [2.45, 2.75) is 38.3 Å². The summed E-state index contributed by atoms with van der Waals surface area (Å²) in [6, 6.07) is 5.46. The highest BCUT2D eigenvalue weighted by Gasteiger charge is 2.41. The molecule has 25 heavy (non-hydrogen) atoms. The molecule has 4 nitrogen and oxygen atoms in total. The quantitative estimate of drug-likeness (QED) is 0.840. The Kier molecular flexibility index (Phi) is 4.10. The topological polar surface area (TPSA) is 46.9 Å². The van der Waals surface area contributed by atoms with Gasteiger partial charge in [0.25, 0.3) is 5.91 Å². The molecule has 0 fully saturated rings. The van der Waals surface area contributed by atoms with Gasteiger partial charge >= 0.3 is 6.18 Å². The number of aromatic nitrogens is 2.